The van der Waals surface area contributed by atoms with Crippen LogP contribution in [0.5, 0.6) is 0 Å². The topological polar surface area (TPSA) is 68.5 Å². The van der Waals surface area contributed by atoms with Gasteiger partial charge in [-0.05, 0) is 25.1 Å². The van der Waals surface area contributed by atoms with Gasteiger partial charge >= 0.3 is 5.97 Å². The van der Waals surface area contributed by atoms with Crippen molar-refractivity contribution in [3.8, 4) is 0 Å². The van der Waals surface area contributed by atoms with Crippen LogP contribution in [0.3, 0.4) is 0 Å². The lowest BCUT2D eigenvalue weighted by Crippen LogP contribution is -2.39. The molecule has 0 aliphatic rings. The van der Waals surface area contributed by atoms with Crippen LogP contribution in [-0.4, -0.2) is 17.9 Å². The molecular formula is C17H14ClNO4S. The van der Waals surface area contributed by atoms with Gasteiger partial charge in [-0.15, -0.1) is 11.3 Å². The highest BCUT2D eigenvalue weighted by molar-refractivity contribution is 7.19. The largest absolute Gasteiger partial charge is 0.459 e. The summed E-state index contributed by atoms with van der Waals surface area (Å²) in [7, 11) is 0. The van der Waals surface area contributed by atoms with Gasteiger partial charge in [-0.1, -0.05) is 29.8 Å². The molecule has 0 radical (unpaired) electrons. The first-order valence-corrected chi connectivity index (χ1v) is 8.42. The molecule has 2 heterocycles. The smallest absolute Gasteiger partial charge is 0.328 e. The maximum Gasteiger partial charge on any atom is 0.328 e. The van der Waals surface area contributed by atoms with Crippen molar-refractivity contribution in [2.45, 2.75) is 19.6 Å². The number of hydrogen-bond donors (Lipinski definition) is 1. The lowest BCUT2D eigenvalue weighted by atomic mass is 10.2. The van der Waals surface area contributed by atoms with Crippen LogP contribution in [0.4, 0.5) is 0 Å². The van der Waals surface area contributed by atoms with Crippen LogP contribution < -0.4 is 5.32 Å². The third kappa shape index (κ3) is 3.44. The van der Waals surface area contributed by atoms with Crippen LogP contribution in [0, 0.1) is 0 Å². The van der Waals surface area contributed by atoms with E-state index in [1.807, 2.05) is 24.3 Å². The third-order valence-electron chi connectivity index (χ3n) is 3.39. The minimum Gasteiger partial charge on any atom is -0.459 e. The van der Waals surface area contributed by atoms with E-state index >= 15 is 0 Å². The van der Waals surface area contributed by atoms with E-state index in [1.54, 1.807) is 13.0 Å². The summed E-state index contributed by atoms with van der Waals surface area (Å²) in [5, 5.41) is 4.06. The summed E-state index contributed by atoms with van der Waals surface area (Å²) in [6.45, 7) is 1.62. The molecule has 3 rings (SSSR count). The number of thiophene rings is 1. The van der Waals surface area contributed by atoms with Gasteiger partial charge in [0.15, 0.2) is 5.76 Å². The molecule has 3 aromatic rings. The highest BCUT2D eigenvalue weighted by atomic mass is 35.5. The third-order valence-corrected chi connectivity index (χ3v) is 5.08. The molecule has 7 heteroatoms. The molecule has 1 amide bonds. The van der Waals surface area contributed by atoms with E-state index in [-0.39, 0.29) is 12.4 Å². The zero-order valence-corrected chi connectivity index (χ0v) is 14.3. The predicted molar refractivity (Wildman–Crippen MR) is 92.3 cm³/mol. The second kappa shape index (κ2) is 7.07. The van der Waals surface area contributed by atoms with Crippen molar-refractivity contribution < 1.29 is 18.7 Å². The van der Waals surface area contributed by atoms with Crippen LogP contribution in [0.2, 0.25) is 5.02 Å². The Bertz CT molecular complexity index is 872. The summed E-state index contributed by atoms with van der Waals surface area (Å²) in [4.78, 5) is 24.7. The molecule has 124 valence electrons. The van der Waals surface area contributed by atoms with Crippen LogP contribution in [0.15, 0.2) is 47.1 Å². The predicted octanol–water partition coefficient (Wildman–Crippen LogP) is 4.01. The average Bonchev–Trinajstić information content (AvgIpc) is 3.21. The Kier molecular flexibility index (Phi) is 4.87. The molecule has 0 saturated carbocycles. The van der Waals surface area contributed by atoms with Gasteiger partial charge in [-0.25, -0.2) is 4.79 Å². The highest BCUT2D eigenvalue weighted by Crippen LogP contribution is 2.35. The van der Waals surface area contributed by atoms with Crippen LogP contribution in [0.25, 0.3) is 10.1 Å². The van der Waals surface area contributed by atoms with E-state index in [0.29, 0.717) is 5.02 Å². The molecule has 0 unspecified atom stereocenters. The van der Waals surface area contributed by atoms with E-state index < -0.39 is 17.9 Å². The molecule has 0 fully saturated rings. The lowest BCUT2D eigenvalue weighted by Gasteiger charge is -2.12. The van der Waals surface area contributed by atoms with Crippen LogP contribution >= 0.6 is 22.9 Å². The van der Waals surface area contributed by atoms with Crippen LogP contribution in [-0.2, 0) is 16.1 Å². The Morgan fingerprint density at radius 3 is 2.79 bits per heavy atom. The van der Waals surface area contributed by atoms with Gasteiger partial charge in [0, 0.05) is 10.1 Å². The number of hydrogen-bond acceptors (Lipinski definition) is 5. The van der Waals surface area contributed by atoms with Gasteiger partial charge in [0.1, 0.15) is 12.6 Å². The van der Waals surface area contributed by atoms with E-state index in [2.05, 4.69) is 5.32 Å². The second-order valence-electron chi connectivity index (χ2n) is 5.12. The Morgan fingerprint density at radius 1 is 1.29 bits per heavy atom. The van der Waals surface area contributed by atoms with Gasteiger partial charge in [0.2, 0.25) is 0 Å². The number of carbonyl (C=O) groups is 2. The Morgan fingerprint density at radius 2 is 2.08 bits per heavy atom. The maximum atomic E-state index is 12.0. The van der Waals surface area contributed by atoms with E-state index in [1.165, 1.54) is 23.7 Å². The quantitative estimate of drug-likeness (QED) is 0.695. The SMILES string of the molecule is C[C@H](NC(=O)c1ccco1)C(=O)OCc1sc2ccccc2c1Cl. The molecule has 24 heavy (non-hydrogen) atoms. The van der Waals surface area contributed by atoms with Crippen molar-refractivity contribution in [1.82, 2.24) is 5.32 Å². The summed E-state index contributed by atoms with van der Waals surface area (Å²) >= 11 is 7.79. The first-order valence-electron chi connectivity index (χ1n) is 7.23. The first kappa shape index (κ1) is 16.5. The molecule has 5 nitrogen and oxygen atoms in total. The fourth-order valence-corrected chi connectivity index (χ4v) is 3.55. The highest BCUT2D eigenvalue weighted by Gasteiger charge is 2.20. The fraction of sp³-hybridized carbons (Fsp3) is 0.176. The number of fused-ring (bicyclic) bond motifs is 1. The van der Waals surface area contributed by atoms with Gasteiger partial charge in [-0.2, -0.15) is 0 Å². The Labute approximate surface area is 147 Å². The normalized spacial score (nSPS) is 12.1. The number of esters is 1. The molecule has 2 aromatic heterocycles. The molecule has 0 saturated heterocycles. The number of furan rings is 1. The van der Waals surface area contributed by atoms with Gasteiger partial charge in [-0.3, -0.25) is 4.79 Å². The summed E-state index contributed by atoms with van der Waals surface area (Å²) in [5.41, 5.74) is 0. The number of amides is 1. The average molecular weight is 364 g/mol. The fourth-order valence-electron chi connectivity index (χ4n) is 2.15. The minimum absolute atomic E-state index is 0.0674. The zero-order chi connectivity index (χ0) is 17.1. The number of ether oxygens (including phenoxy) is 1. The molecular weight excluding hydrogens is 350 g/mol. The monoisotopic (exact) mass is 363 g/mol. The Hall–Kier alpha value is -2.31. The molecule has 1 N–H and O–H groups in total. The van der Waals surface area contributed by atoms with Gasteiger partial charge < -0.3 is 14.5 Å². The maximum absolute atomic E-state index is 12.0. The van der Waals surface area contributed by atoms with E-state index in [9.17, 15) is 9.59 Å². The lowest BCUT2D eigenvalue weighted by molar-refractivity contribution is -0.146. The standard InChI is InChI=1S/C17H14ClNO4S/c1-10(19-16(20)12-6-4-8-22-12)17(21)23-9-14-15(18)11-5-2-3-7-13(11)24-14/h2-8,10H,9H2,1H3,(H,19,20)/t10-/m0/s1. The molecule has 0 aliphatic heterocycles. The Balaban J connectivity index is 1.60. The van der Waals surface area contributed by atoms with Crippen LogP contribution in [0.1, 0.15) is 22.4 Å². The molecule has 1 atom stereocenters. The summed E-state index contributed by atoms with van der Waals surface area (Å²) in [6, 6.07) is 10.0. The van der Waals surface area contributed by atoms with Crippen molar-refractivity contribution in [2.24, 2.45) is 0 Å². The zero-order valence-electron chi connectivity index (χ0n) is 12.7. The molecule has 0 bridgehead atoms. The van der Waals surface area contributed by atoms with E-state index in [4.69, 9.17) is 20.8 Å². The summed E-state index contributed by atoms with van der Waals surface area (Å²) in [6.07, 6.45) is 1.39. The molecule has 1 aromatic carbocycles. The van der Waals surface area contributed by atoms with Crippen molar-refractivity contribution >= 4 is 44.9 Å². The summed E-state index contributed by atoms with van der Waals surface area (Å²) < 4.78 is 11.3. The number of carbonyl (C=O) groups excluding carboxylic acids is 2. The number of nitrogens with one attached hydrogen (secondary N) is 1. The van der Waals surface area contributed by atoms with Crippen molar-refractivity contribution in [1.29, 1.82) is 0 Å². The minimum atomic E-state index is -0.796. The summed E-state index contributed by atoms with van der Waals surface area (Å²) in [5.74, 6) is -0.866. The first-order chi connectivity index (χ1) is 11.6. The number of halogens is 1. The van der Waals surface area contributed by atoms with Crippen molar-refractivity contribution in [3.05, 3.63) is 58.3 Å². The number of benzene rings is 1. The van der Waals surface area contributed by atoms with Gasteiger partial charge in [0.25, 0.3) is 5.91 Å². The van der Waals surface area contributed by atoms with E-state index in [0.717, 1.165) is 15.0 Å². The van der Waals surface area contributed by atoms with Crippen molar-refractivity contribution in [2.75, 3.05) is 0 Å². The van der Waals surface area contributed by atoms with Gasteiger partial charge in [0.05, 0.1) is 16.2 Å². The molecule has 0 spiro atoms. The number of rotatable bonds is 5. The second-order valence-corrected chi connectivity index (χ2v) is 6.63. The van der Waals surface area contributed by atoms with Crippen molar-refractivity contribution in [3.63, 3.8) is 0 Å². The molecule has 0 aliphatic carbocycles.